The van der Waals surface area contributed by atoms with Crippen molar-refractivity contribution in [2.45, 2.75) is 0 Å². The molecule has 10 nitrogen and oxygen atoms in total. The summed E-state index contributed by atoms with van der Waals surface area (Å²) >= 11 is 11.5. The van der Waals surface area contributed by atoms with Crippen LogP contribution in [-0.4, -0.2) is 49.0 Å². The maximum Gasteiger partial charge on any atom is 0.138 e. The number of nitrogens with one attached hydrogen (secondary N) is 4. The van der Waals surface area contributed by atoms with E-state index in [9.17, 15) is 0 Å². The fourth-order valence-electron chi connectivity index (χ4n) is 13.1. The molecule has 0 radical (unpaired) electrons. The standard InChI is InChI=1S/C46H28N6.C18H12N2.C10H6Cl2N2/c1-5-14-35-32(12-1)43-37(48-35)22-20-30-28-10-3-7-17-39(28)51(45(30)43)41-19-9-16-34(50-41)27-24-25-47-42(26-27)52-40-18-8-4-11-29(40)31-21-23-38-44(46(31)52)33-13-2-6-15-36(33)49-38;1-3-7-14-11(5-1)12-9-10-16-17(18(12)20-14)13-6-2-4-8-15(13)19-16;11-9-3-1-2-8(14-9)7-4-5-13-10(12)6-7/h1-26,48-49H;1-10,19-20H;1-6H. The van der Waals surface area contributed by atoms with Gasteiger partial charge in [-0.15, -0.1) is 0 Å². The lowest BCUT2D eigenvalue weighted by molar-refractivity contribution is 1.07. The minimum Gasteiger partial charge on any atom is -0.354 e. The van der Waals surface area contributed by atoms with Gasteiger partial charge < -0.3 is 19.9 Å². The van der Waals surface area contributed by atoms with Gasteiger partial charge in [0.25, 0.3) is 0 Å². The normalized spacial score (nSPS) is 11.8. The number of aromatic nitrogens is 10. The van der Waals surface area contributed by atoms with Crippen LogP contribution in [-0.2, 0) is 0 Å². The van der Waals surface area contributed by atoms with E-state index < -0.39 is 0 Å². The molecule has 86 heavy (non-hydrogen) atoms. The van der Waals surface area contributed by atoms with E-state index in [-0.39, 0.29) is 0 Å². The highest BCUT2D eigenvalue weighted by Gasteiger charge is 2.22. The predicted octanol–water partition coefficient (Wildman–Crippen LogP) is 20.0. The second-order valence-corrected chi connectivity index (χ2v) is 22.3. The van der Waals surface area contributed by atoms with Gasteiger partial charge in [0.15, 0.2) is 0 Å². The summed E-state index contributed by atoms with van der Waals surface area (Å²) in [6, 6.07) is 84.2. The molecule has 0 saturated heterocycles. The molecule has 0 aliphatic rings. The third-order valence-corrected chi connectivity index (χ3v) is 17.1. The SMILES string of the molecule is Clc1cc(-c2cccc(Cl)n2)ccn1.c1cc(-c2ccnc(-n3c4ccccc4c4ccc5[nH]c6ccccc6c5c43)c2)nc(-n2c3ccccc3c3ccc4[nH]c5ccccc5c4c32)c1.c1ccc2c(c1)[nH]c1c2ccc2[nH]c3ccccc3c21. The molecule has 9 aromatic carbocycles. The van der Waals surface area contributed by atoms with Crippen LogP contribution < -0.4 is 0 Å². The Morgan fingerprint density at radius 2 is 0.744 bits per heavy atom. The summed E-state index contributed by atoms with van der Waals surface area (Å²) in [6.07, 6.45) is 3.55. The average molecular weight is 1150 g/mol. The first kappa shape index (κ1) is 49.6. The van der Waals surface area contributed by atoms with Gasteiger partial charge in [-0.05, 0) is 103 Å². The van der Waals surface area contributed by atoms with Crippen LogP contribution in [0.3, 0.4) is 0 Å². The van der Waals surface area contributed by atoms with Crippen molar-refractivity contribution in [1.29, 1.82) is 0 Å². The van der Waals surface area contributed by atoms with Crippen LogP contribution in [0.25, 0.3) is 165 Å². The van der Waals surface area contributed by atoms with Crippen LogP contribution in [0, 0.1) is 0 Å². The lowest BCUT2D eigenvalue weighted by Crippen LogP contribution is -2.00. The van der Waals surface area contributed by atoms with E-state index in [2.05, 4.69) is 251 Å². The first-order valence-electron chi connectivity index (χ1n) is 28.4. The highest BCUT2D eigenvalue weighted by molar-refractivity contribution is 6.30. The topological polar surface area (TPSA) is 125 Å². The molecule has 0 unspecified atom stereocenters. The minimum atomic E-state index is 0.448. The number of halogens is 2. The summed E-state index contributed by atoms with van der Waals surface area (Å²) < 4.78 is 4.65. The fourth-order valence-corrected chi connectivity index (χ4v) is 13.4. The lowest BCUT2D eigenvalue weighted by Gasteiger charge is -2.12. The molecule has 10 heterocycles. The van der Waals surface area contributed by atoms with E-state index >= 15 is 0 Å². The number of fused-ring (bicyclic) bond motifs is 21. The first-order valence-corrected chi connectivity index (χ1v) is 29.2. The summed E-state index contributed by atoms with van der Waals surface area (Å²) in [5, 5.41) is 15.7. The summed E-state index contributed by atoms with van der Waals surface area (Å²) in [6.45, 7) is 0. The summed E-state index contributed by atoms with van der Waals surface area (Å²) in [5.74, 6) is 1.73. The van der Waals surface area contributed by atoms with Gasteiger partial charge >= 0.3 is 0 Å². The number of hydrogen-bond donors (Lipinski definition) is 4. The smallest absolute Gasteiger partial charge is 0.138 e. The molecule has 19 rings (SSSR count). The molecule has 0 bridgehead atoms. The second-order valence-electron chi connectivity index (χ2n) is 21.6. The van der Waals surface area contributed by atoms with Crippen molar-refractivity contribution in [3.05, 3.63) is 265 Å². The number of para-hydroxylation sites is 6. The predicted molar refractivity (Wildman–Crippen MR) is 358 cm³/mol. The van der Waals surface area contributed by atoms with E-state index in [1.807, 2.05) is 24.4 Å². The Kier molecular flexibility index (Phi) is 11.4. The Balaban J connectivity index is 0.000000137. The quantitative estimate of drug-likeness (QED) is 0.131. The monoisotopic (exact) mass is 1140 g/mol. The van der Waals surface area contributed by atoms with Gasteiger partial charge in [-0.3, -0.25) is 9.13 Å². The van der Waals surface area contributed by atoms with Crippen molar-refractivity contribution >= 4 is 154 Å². The number of nitrogens with zero attached hydrogens (tertiary/aromatic N) is 6. The molecule has 0 aliphatic heterocycles. The van der Waals surface area contributed by atoms with E-state index in [0.29, 0.717) is 10.3 Å². The number of benzene rings is 9. The molecule has 406 valence electrons. The molecular weight excluding hydrogens is 1100 g/mol. The second kappa shape index (κ2) is 19.8. The van der Waals surface area contributed by atoms with E-state index in [1.54, 1.807) is 18.3 Å². The van der Waals surface area contributed by atoms with Crippen LogP contribution in [0.4, 0.5) is 0 Å². The largest absolute Gasteiger partial charge is 0.354 e. The van der Waals surface area contributed by atoms with E-state index in [1.165, 1.54) is 86.7 Å². The molecule has 0 saturated carbocycles. The molecule has 0 amide bonds. The number of pyridine rings is 4. The molecule has 0 aliphatic carbocycles. The van der Waals surface area contributed by atoms with E-state index in [0.717, 1.165) is 78.3 Å². The molecular formula is C74H46Cl2N10. The van der Waals surface area contributed by atoms with Gasteiger partial charge in [0.1, 0.15) is 21.9 Å². The molecule has 0 spiro atoms. The van der Waals surface area contributed by atoms with Crippen molar-refractivity contribution in [3.63, 3.8) is 0 Å². The average Bonchev–Trinajstić information content (AvgIpc) is 1.80. The zero-order chi connectivity index (χ0) is 57.0. The van der Waals surface area contributed by atoms with Crippen molar-refractivity contribution in [1.82, 2.24) is 49.0 Å². The summed E-state index contributed by atoms with van der Waals surface area (Å²) in [7, 11) is 0. The third kappa shape index (κ3) is 7.95. The molecule has 10 aromatic heterocycles. The van der Waals surface area contributed by atoms with Gasteiger partial charge in [-0.1, -0.05) is 163 Å². The Bertz CT molecular complexity index is 5640. The maximum atomic E-state index is 5.77. The number of H-pyrrole nitrogens is 4. The fraction of sp³-hybridized carbons (Fsp3) is 0. The minimum absolute atomic E-state index is 0.448. The van der Waals surface area contributed by atoms with Gasteiger partial charge in [0.2, 0.25) is 0 Å². The lowest BCUT2D eigenvalue weighted by atomic mass is 10.1. The zero-order valence-electron chi connectivity index (χ0n) is 45.7. The number of rotatable bonds is 4. The molecule has 19 aromatic rings. The number of aromatic amines is 4. The highest BCUT2D eigenvalue weighted by Crippen LogP contribution is 2.42. The third-order valence-electron chi connectivity index (χ3n) is 16.7. The maximum absolute atomic E-state index is 5.77. The van der Waals surface area contributed by atoms with Crippen molar-refractivity contribution in [2.75, 3.05) is 0 Å². The van der Waals surface area contributed by atoms with E-state index in [4.69, 9.17) is 33.2 Å². The van der Waals surface area contributed by atoms with Crippen LogP contribution in [0.5, 0.6) is 0 Å². The van der Waals surface area contributed by atoms with Crippen LogP contribution in [0.2, 0.25) is 10.3 Å². The first-order chi connectivity index (χ1) is 42.5. The van der Waals surface area contributed by atoms with Crippen molar-refractivity contribution in [2.24, 2.45) is 0 Å². The van der Waals surface area contributed by atoms with Crippen LogP contribution >= 0.6 is 23.2 Å². The molecule has 0 fully saturated rings. The molecule has 4 N–H and O–H groups in total. The Labute approximate surface area is 499 Å². The molecule has 12 heteroatoms. The summed E-state index contributed by atoms with van der Waals surface area (Å²) in [4.78, 5) is 32.8. The Hall–Kier alpha value is -11.0. The highest BCUT2D eigenvalue weighted by atomic mass is 35.5. The van der Waals surface area contributed by atoms with Crippen molar-refractivity contribution < 1.29 is 0 Å². The summed E-state index contributed by atoms with van der Waals surface area (Å²) in [5.41, 5.74) is 17.4. The Morgan fingerprint density at radius 1 is 0.291 bits per heavy atom. The number of hydrogen-bond acceptors (Lipinski definition) is 4. The van der Waals surface area contributed by atoms with Crippen molar-refractivity contribution in [3.8, 4) is 34.2 Å². The van der Waals surface area contributed by atoms with Gasteiger partial charge in [-0.25, -0.2) is 19.9 Å². The van der Waals surface area contributed by atoms with Crippen LogP contribution in [0.15, 0.2) is 255 Å². The Morgan fingerprint density at radius 3 is 1.33 bits per heavy atom. The van der Waals surface area contributed by atoms with Gasteiger partial charge in [0, 0.05) is 127 Å². The molecule has 0 atom stereocenters. The van der Waals surface area contributed by atoms with Gasteiger partial charge in [-0.2, -0.15) is 0 Å². The van der Waals surface area contributed by atoms with Gasteiger partial charge in [0.05, 0.1) is 39.0 Å². The van der Waals surface area contributed by atoms with Crippen LogP contribution in [0.1, 0.15) is 0 Å². The zero-order valence-corrected chi connectivity index (χ0v) is 47.2.